The first-order valence-electron chi connectivity index (χ1n) is 8.73. The van der Waals surface area contributed by atoms with Gasteiger partial charge in [-0.05, 0) is 31.2 Å². The van der Waals surface area contributed by atoms with Gasteiger partial charge in [0.25, 0.3) is 11.6 Å². The van der Waals surface area contributed by atoms with Crippen molar-refractivity contribution in [1.82, 2.24) is 14.9 Å². The van der Waals surface area contributed by atoms with Crippen LogP contribution in [-0.4, -0.2) is 34.0 Å². The van der Waals surface area contributed by atoms with E-state index in [1.54, 1.807) is 12.1 Å². The zero-order chi connectivity index (χ0) is 19.4. The first-order valence-corrected chi connectivity index (χ1v) is 8.73. The van der Waals surface area contributed by atoms with Crippen LogP contribution >= 0.6 is 0 Å². The van der Waals surface area contributed by atoms with Gasteiger partial charge in [-0.2, -0.15) is 0 Å². The van der Waals surface area contributed by atoms with Crippen LogP contribution in [0.2, 0.25) is 0 Å². The number of nitrogens with one attached hydrogen (secondary N) is 2. The number of para-hydroxylation sites is 2. The third kappa shape index (κ3) is 3.74. The van der Waals surface area contributed by atoms with Gasteiger partial charge in [-0.25, -0.2) is 4.98 Å². The summed E-state index contributed by atoms with van der Waals surface area (Å²) in [7, 11) is 1.49. The highest BCUT2D eigenvalue weighted by atomic mass is 16.6. The number of carbonyl (C=O) groups excluding carboxylic acids is 1. The van der Waals surface area contributed by atoms with Gasteiger partial charge in [0.1, 0.15) is 11.5 Å². The molecule has 1 heterocycles. The molecule has 1 amide bonds. The van der Waals surface area contributed by atoms with Crippen molar-refractivity contribution in [1.29, 1.82) is 0 Å². The number of nitro benzene ring substituents is 1. The van der Waals surface area contributed by atoms with Crippen LogP contribution in [-0.2, 0) is 13.0 Å². The average Bonchev–Trinajstić information content (AvgIpc) is 3.04. The summed E-state index contributed by atoms with van der Waals surface area (Å²) in [6, 6.07) is 12.3. The van der Waals surface area contributed by atoms with Crippen LogP contribution in [0.5, 0.6) is 0 Å². The van der Waals surface area contributed by atoms with E-state index in [0.29, 0.717) is 18.7 Å². The molecular formula is C19H21N5O3. The summed E-state index contributed by atoms with van der Waals surface area (Å²) >= 11 is 0. The smallest absolute Gasteiger partial charge is 0.293 e. The van der Waals surface area contributed by atoms with Crippen LogP contribution in [0, 0.1) is 10.1 Å². The van der Waals surface area contributed by atoms with Gasteiger partial charge in [0.2, 0.25) is 0 Å². The molecule has 0 aliphatic rings. The molecule has 2 aromatic carbocycles. The minimum Gasteiger partial charge on any atom is -0.379 e. The lowest BCUT2D eigenvalue weighted by molar-refractivity contribution is -0.384. The van der Waals surface area contributed by atoms with Crippen molar-refractivity contribution < 1.29 is 9.72 Å². The second kappa shape index (κ2) is 7.86. The molecule has 3 aromatic rings. The van der Waals surface area contributed by atoms with Gasteiger partial charge in [-0.15, -0.1) is 0 Å². The summed E-state index contributed by atoms with van der Waals surface area (Å²) in [5, 5.41) is 16.9. The molecule has 140 valence electrons. The van der Waals surface area contributed by atoms with E-state index in [9.17, 15) is 14.9 Å². The van der Waals surface area contributed by atoms with Crippen LogP contribution < -0.4 is 10.6 Å². The van der Waals surface area contributed by atoms with E-state index >= 15 is 0 Å². The Morgan fingerprint density at radius 1 is 1.26 bits per heavy atom. The number of carbonyl (C=O) groups is 1. The first kappa shape index (κ1) is 18.4. The molecule has 8 nitrogen and oxygen atoms in total. The molecule has 0 saturated heterocycles. The molecule has 3 rings (SSSR count). The normalized spacial score (nSPS) is 10.7. The van der Waals surface area contributed by atoms with Crippen molar-refractivity contribution in [3.8, 4) is 0 Å². The lowest BCUT2D eigenvalue weighted by atomic mass is 10.1. The fourth-order valence-electron chi connectivity index (χ4n) is 3.10. The minimum atomic E-state index is -0.490. The topological polar surface area (TPSA) is 102 Å². The highest BCUT2D eigenvalue weighted by Crippen LogP contribution is 2.26. The Morgan fingerprint density at radius 2 is 2.04 bits per heavy atom. The SMILES string of the molecule is CCn1c(CCNc2ccc(C(=O)NC)cc2[N+](=O)[O-])nc2ccccc21. The lowest BCUT2D eigenvalue weighted by Crippen LogP contribution is -2.18. The number of hydrogen-bond acceptors (Lipinski definition) is 5. The molecule has 2 N–H and O–H groups in total. The maximum absolute atomic E-state index is 11.7. The van der Waals surface area contributed by atoms with Crippen LogP contribution in [0.1, 0.15) is 23.1 Å². The third-order valence-electron chi connectivity index (χ3n) is 4.40. The summed E-state index contributed by atoms with van der Waals surface area (Å²) in [4.78, 5) is 27.2. The van der Waals surface area contributed by atoms with Gasteiger partial charge in [0, 0.05) is 38.2 Å². The zero-order valence-electron chi connectivity index (χ0n) is 15.2. The standard InChI is InChI=1S/C19H21N5O3/c1-3-23-16-7-5-4-6-15(16)22-18(23)10-11-21-14-9-8-13(19(25)20-2)12-17(14)24(26)27/h4-9,12,21H,3,10-11H2,1-2H3,(H,20,25). The van der Waals surface area contributed by atoms with E-state index < -0.39 is 4.92 Å². The molecule has 27 heavy (non-hydrogen) atoms. The number of hydrogen-bond donors (Lipinski definition) is 2. The number of nitrogens with zero attached hydrogens (tertiary/aromatic N) is 3. The van der Waals surface area contributed by atoms with Crippen LogP contribution in [0.25, 0.3) is 11.0 Å². The van der Waals surface area contributed by atoms with Gasteiger partial charge in [-0.1, -0.05) is 12.1 Å². The summed E-state index contributed by atoms with van der Waals surface area (Å²) < 4.78 is 2.14. The molecule has 0 aliphatic heterocycles. The van der Waals surface area contributed by atoms with E-state index in [4.69, 9.17) is 0 Å². The highest BCUT2D eigenvalue weighted by molar-refractivity contribution is 5.95. The van der Waals surface area contributed by atoms with Crippen molar-refractivity contribution in [3.63, 3.8) is 0 Å². The van der Waals surface area contributed by atoms with Gasteiger partial charge in [0.05, 0.1) is 16.0 Å². The van der Waals surface area contributed by atoms with Crippen molar-refractivity contribution in [3.05, 3.63) is 64.0 Å². The Kier molecular flexibility index (Phi) is 5.35. The molecule has 0 saturated carbocycles. The summed E-state index contributed by atoms with van der Waals surface area (Å²) in [6.45, 7) is 3.35. The molecule has 1 aromatic heterocycles. The first-order chi connectivity index (χ1) is 13.0. The average molecular weight is 367 g/mol. The summed E-state index contributed by atoms with van der Waals surface area (Å²) in [5.74, 6) is 0.567. The summed E-state index contributed by atoms with van der Waals surface area (Å²) in [5.41, 5.74) is 2.53. The Morgan fingerprint density at radius 3 is 2.74 bits per heavy atom. The summed E-state index contributed by atoms with van der Waals surface area (Å²) in [6.07, 6.45) is 0.622. The monoisotopic (exact) mass is 367 g/mol. The number of benzene rings is 2. The molecule has 0 radical (unpaired) electrons. The molecular weight excluding hydrogens is 346 g/mol. The number of amides is 1. The van der Waals surface area contributed by atoms with Crippen LogP contribution in [0.4, 0.5) is 11.4 Å². The van der Waals surface area contributed by atoms with E-state index in [1.807, 2.05) is 24.3 Å². The maximum Gasteiger partial charge on any atom is 0.293 e. The Hall–Kier alpha value is -3.42. The fraction of sp³-hybridized carbons (Fsp3) is 0.263. The van der Waals surface area contributed by atoms with Crippen molar-refractivity contribution >= 4 is 28.3 Å². The molecule has 0 atom stereocenters. The quantitative estimate of drug-likeness (QED) is 0.494. The number of nitro groups is 1. The molecule has 0 fully saturated rings. The highest BCUT2D eigenvalue weighted by Gasteiger charge is 2.17. The number of fused-ring (bicyclic) bond motifs is 1. The number of rotatable bonds is 7. The van der Waals surface area contributed by atoms with Crippen molar-refractivity contribution in [2.45, 2.75) is 19.9 Å². The van der Waals surface area contributed by atoms with Gasteiger partial charge in [-0.3, -0.25) is 14.9 Å². The van der Waals surface area contributed by atoms with E-state index in [2.05, 4.69) is 27.1 Å². The molecule has 0 bridgehead atoms. The second-order valence-corrected chi connectivity index (χ2v) is 6.01. The largest absolute Gasteiger partial charge is 0.379 e. The number of aromatic nitrogens is 2. The number of anilines is 1. The molecule has 0 aliphatic carbocycles. The predicted molar refractivity (Wildman–Crippen MR) is 104 cm³/mol. The number of imidazole rings is 1. The zero-order valence-corrected chi connectivity index (χ0v) is 15.2. The Labute approximate surface area is 156 Å². The third-order valence-corrected chi connectivity index (χ3v) is 4.40. The van der Waals surface area contributed by atoms with E-state index in [1.165, 1.54) is 13.1 Å². The van der Waals surface area contributed by atoms with Crippen LogP contribution in [0.3, 0.4) is 0 Å². The van der Waals surface area contributed by atoms with E-state index in [-0.39, 0.29) is 17.2 Å². The van der Waals surface area contributed by atoms with Crippen molar-refractivity contribution in [2.24, 2.45) is 0 Å². The lowest BCUT2D eigenvalue weighted by Gasteiger charge is -2.09. The fourth-order valence-corrected chi connectivity index (χ4v) is 3.10. The Balaban J connectivity index is 1.77. The van der Waals surface area contributed by atoms with Gasteiger partial charge < -0.3 is 15.2 Å². The van der Waals surface area contributed by atoms with Crippen LogP contribution in [0.15, 0.2) is 42.5 Å². The van der Waals surface area contributed by atoms with Gasteiger partial charge >= 0.3 is 0 Å². The molecule has 8 heteroatoms. The second-order valence-electron chi connectivity index (χ2n) is 6.01. The van der Waals surface area contributed by atoms with Gasteiger partial charge in [0.15, 0.2) is 0 Å². The predicted octanol–water partition coefficient (Wildman–Crippen LogP) is 2.98. The Bertz CT molecular complexity index is 996. The molecule has 0 unspecified atom stereocenters. The minimum absolute atomic E-state index is 0.125. The number of aryl methyl sites for hydroxylation is 1. The molecule has 0 spiro atoms. The maximum atomic E-state index is 11.7. The van der Waals surface area contributed by atoms with E-state index in [0.717, 1.165) is 23.4 Å². The van der Waals surface area contributed by atoms with Crippen molar-refractivity contribution in [2.75, 3.05) is 18.9 Å².